The Morgan fingerprint density at radius 1 is 1.00 bits per heavy atom. The average molecular weight is 474 g/mol. The predicted molar refractivity (Wildman–Crippen MR) is 125 cm³/mol. The van der Waals surface area contributed by atoms with E-state index in [0.29, 0.717) is 35.4 Å². The zero-order valence-electron chi connectivity index (χ0n) is 17.8. The molecule has 0 fully saturated rings. The van der Waals surface area contributed by atoms with Gasteiger partial charge in [-0.25, -0.2) is 13.2 Å². The van der Waals surface area contributed by atoms with Crippen LogP contribution in [0, 0.1) is 0 Å². The van der Waals surface area contributed by atoms with Gasteiger partial charge in [0.1, 0.15) is 11.3 Å². The highest BCUT2D eigenvalue weighted by molar-refractivity contribution is 7.92. The van der Waals surface area contributed by atoms with E-state index < -0.39 is 16.0 Å². The van der Waals surface area contributed by atoms with Gasteiger partial charge in [-0.05, 0) is 60.2 Å². The topological polar surface area (TPSA) is 92.7 Å². The molecule has 0 heterocycles. The van der Waals surface area contributed by atoms with Crippen molar-refractivity contribution < 1.29 is 23.1 Å². The number of ether oxygens (including phenoxy) is 1. The molecular formula is C24H24ClNO5S. The van der Waals surface area contributed by atoms with Crippen molar-refractivity contribution in [2.45, 2.75) is 31.1 Å². The van der Waals surface area contributed by atoms with Crippen molar-refractivity contribution in [2.75, 3.05) is 11.8 Å². The van der Waals surface area contributed by atoms with Crippen LogP contribution < -0.4 is 9.46 Å². The zero-order valence-corrected chi connectivity index (χ0v) is 19.3. The molecule has 0 spiro atoms. The van der Waals surface area contributed by atoms with E-state index in [4.69, 9.17) is 16.3 Å². The van der Waals surface area contributed by atoms with Crippen molar-refractivity contribution in [3.8, 4) is 5.75 Å². The van der Waals surface area contributed by atoms with E-state index in [1.165, 1.54) is 19.2 Å². The quantitative estimate of drug-likeness (QED) is 0.446. The third-order valence-corrected chi connectivity index (χ3v) is 6.86. The molecule has 0 saturated heterocycles. The number of sulfonamides is 1. The lowest BCUT2D eigenvalue weighted by molar-refractivity contribution is 0.0694. The molecule has 2 N–H and O–H groups in total. The van der Waals surface area contributed by atoms with Crippen molar-refractivity contribution in [1.82, 2.24) is 0 Å². The maximum Gasteiger partial charge on any atom is 0.341 e. The summed E-state index contributed by atoms with van der Waals surface area (Å²) in [5, 5.41) is 10.4. The lowest BCUT2D eigenvalue weighted by Gasteiger charge is -2.17. The number of carbonyl (C=O) groups is 1. The summed E-state index contributed by atoms with van der Waals surface area (Å²) >= 11 is 5.93. The first-order valence-electron chi connectivity index (χ1n) is 10.0. The molecule has 0 radical (unpaired) electrons. The predicted octanol–water partition coefficient (Wildman–Crippen LogP) is 5.20. The summed E-state index contributed by atoms with van der Waals surface area (Å²) in [5.41, 5.74) is 2.08. The third kappa shape index (κ3) is 5.23. The van der Waals surface area contributed by atoms with E-state index in [0.717, 1.165) is 5.56 Å². The molecule has 8 heteroatoms. The SMILES string of the molecule is CCc1ccc(NS(=O)(=O)c2ccccc2CCc2ccc(Cl)cc2)c(C(=O)O)c1OC. The van der Waals surface area contributed by atoms with Crippen molar-refractivity contribution in [1.29, 1.82) is 0 Å². The zero-order chi connectivity index (χ0) is 23.3. The van der Waals surface area contributed by atoms with Gasteiger partial charge >= 0.3 is 5.97 Å². The standard InChI is InChI=1S/C24H24ClNO5S/c1-3-17-12-15-20(22(24(27)28)23(17)31-2)26-32(29,30)21-7-5-4-6-18(21)11-8-16-9-13-19(25)14-10-16/h4-7,9-10,12-15,26H,3,8,11H2,1-2H3,(H,27,28). The molecule has 168 valence electrons. The molecule has 0 atom stereocenters. The van der Waals surface area contributed by atoms with E-state index in [1.54, 1.807) is 36.4 Å². The number of anilines is 1. The molecule has 0 amide bonds. The second-order valence-electron chi connectivity index (χ2n) is 7.18. The summed E-state index contributed by atoms with van der Waals surface area (Å²) < 4.78 is 34.2. The Bertz CT molecular complexity index is 1220. The van der Waals surface area contributed by atoms with Gasteiger partial charge < -0.3 is 9.84 Å². The van der Waals surface area contributed by atoms with Gasteiger partial charge in [-0.3, -0.25) is 4.72 Å². The second kappa shape index (κ2) is 10.1. The molecule has 3 rings (SSSR count). The van der Waals surface area contributed by atoms with Crippen LogP contribution in [0.1, 0.15) is 34.0 Å². The van der Waals surface area contributed by atoms with Crippen LogP contribution in [0.3, 0.4) is 0 Å². The minimum Gasteiger partial charge on any atom is -0.495 e. The number of methoxy groups -OCH3 is 1. The van der Waals surface area contributed by atoms with Gasteiger partial charge in [0.25, 0.3) is 10.0 Å². The van der Waals surface area contributed by atoms with Crippen LogP contribution in [0.25, 0.3) is 0 Å². The van der Waals surface area contributed by atoms with Crippen LogP contribution in [0.2, 0.25) is 5.02 Å². The molecule has 0 aliphatic carbocycles. The van der Waals surface area contributed by atoms with E-state index in [-0.39, 0.29) is 21.9 Å². The summed E-state index contributed by atoms with van der Waals surface area (Å²) in [6.07, 6.45) is 1.66. The fourth-order valence-corrected chi connectivity index (χ4v) is 5.01. The molecule has 0 bridgehead atoms. The second-order valence-corrected chi connectivity index (χ2v) is 9.27. The van der Waals surface area contributed by atoms with Crippen LogP contribution in [0.15, 0.2) is 65.6 Å². The Hall–Kier alpha value is -3.03. The largest absolute Gasteiger partial charge is 0.495 e. The number of nitrogens with one attached hydrogen (secondary N) is 1. The molecule has 3 aromatic carbocycles. The van der Waals surface area contributed by atoms with Gasteiger partial charge in [-0.1, -0.05) is 54.9 Å². The third-order valence-electron chi connectivity index (χ3n) is 5.14. The molecule has 0 aliphatic rings. The molecule has 0 saturated carbocycles. The summed E-state index contributed by atoms with van der Waals surface area (Å²) in [4.78, 5) is 12.0. The smallest absolute Gasteiger partial charge is 0.341 e. The molecule has 32 heavy (non-hydrogen) atoms. The number of hydrogen-bond acceptors (Lipinski definition) is 4. The molecule has 6 nitrogen and oxygen atoms in total. The fraction of sp³-hybridized carbons (Fsp3) is 0.208. The number of carboxylic acids is 1. The Balaban J connectivity index is 1.94. The van der Waals surface area contributed by atoms with Gasteiger partial charge in [0.2, 0.25) is 0 Å². The minimum absolute atomic E-state index is 0.0425. The van der Waals surface area contributed by atoms with Gasteiger partial charge in [0.05, 0.1) is 17.7 Å². The number of aryl methyl sites for hydroxylation is 3. The maximum atomic E-state index is 13.2. The molecule has 0 aromatic heterocycles. The van der Waals surface area contributed by atoms with Crippen LogP contribution in [-0.4, -0.2) is 26.6 Å². The Labute approximate surface area is 192 Å². The van der Waals surface area contributed by atoms with Crippen LogP contribution in [-0.2, 0) is 29.3 Å². The monoisotopic (exact) mass is 473 g/mol. The summed E-state index contributed by atoms with van der Waals surface area (Å²) in [6.45, 7) is 1.87. The molecule has 3 aromatic rings. The summed E-state index contributed by atoms with van der Waals surface area (Å²) in [7, 11) is -2.68. The van der Waals surface area contributed by atoms with E-state index in [2.05, 4.69) is 4.72 Å². The highest BCUT2D eigenvalue weighted by Gasteiger charge is 2.25. The Morgan fingerprint density at radius 3 is 2.31 bits per heavy atom. The van der Waals surface area contributed by atoms with Crippen LogP contribution in [0.5, 0.6) is 5.75 Å². The summed E-state index contributed by atoms with van der Waals surface area (Å²) in [5.74, 6) is -1.12. The maximum absolute atomic E-state index is 13.2. The van der Waals surface area contributed by atoms with Gasteiger partial charge in [-0.15, -0.1) is 0 Å². The first-order chi connectivity index (χ1) is 15.3. The van der Waals surface area contributed by atoms with Crippen LogP contribution in [0.4, 0.5) is 5.69 Å². The highest BCUT2D eigenvalue weighted by Crippen LogP contribution is 2.33. The van der Waals surface area contributed by atoms with Crippen molar-refractivity contribution in [2.24, 2.45) is 0 Å². The molecule has 0 unspecified atom stereocenters. The number of hydrogen-bond donors (Lipinski definition) is 2. The first-order valence-corrected chi connectivity index (χ1v) is 11.9. The number of benzene rings is 3. The number of halogens is 1. The average Bonchev–Trinajstić information content (AvgIpc) is 2.78. The highest BCUT2D eigenvalue weighted by atomic mass is 35.5. The lowest BCUT2D eigenvalue weighted by atomic mass is 10.0. The summed E-state index contributed by atoms with van der Waals surface area (Å²) in [6, 6.07) is 17.2. The minimum atomic E-state index is -4.05. The van der Waals surface area contributed by atoms with Gasteiger partial charge in [-0.2, -0.15) is 0 Å². The van der Waals surface area contributed by atoms with Crippen molar-refractivity contribution in [3.63, 3.8) is 0 Å². The Morgan fingerprint density at radius 2 is 1.69 bits per heavy atom. The normalized spacial score (nSPS) is 11.2. The van der Waals surface area contributed by atoms with Crippen molar-refractivity contribution >= 4 is 33.3 Å². The van der Waals surface area contributed by atoms with Crippen LogP contribution >= 0.6 is 11.6 Å². The Kier molecular flexibility index (Phi) is 7.43. The van der Waals surface area contributed by atoms with Crippen molar-refractivity contribution in [3.05, 3.63) is 87.9 Å². The van der Waals surface area contributed by atoms with Gasteiger partial charge in [0, 0.05) is 5.02 Å². The number of carboxylic acid groups (broad SMARTS) is 1. The lowest BCUT2D eigenvalue weighted by Crippen LogP contribution is -2.18. The van der Waals surface area contributed by atoms with E-state index >= 15 is 0 Å². The number of rotatable bonds is 9. The number of aromatic carboxylic acids is 1. The molecule has 0 aliphatic heterocycles. The van der Waals surface area contributed by atoms with E-state index in [9.17, 15) is 18.3 Å². The fourth-order valence-electron chi connectivity index (χ4n) is 3.54. The first kappa shape index (κ1) is 23.6. The van der Waals surface area contributed by atoms with E-state index in [1.807, 2.05) is 19.1 Å². The van der Waals surface area contributed by atoms with Gasteiger partial charge in [0.15, 0.2) is 0 Å². The molecular weight excluding hydrogens is 450 g/mol.